The van der Waals surface area contributed by atoms with Gasteiger partial charge in [0.1, 0.15) is 5.75 Å². The number of hydrogen-bond donors (Lipinski definition) is 0. The Balaban J connectivity index is 2.51. The van der Waals surface area contributed by atoms with Gasteiger partial charge in [-0.1, -0.05) is 0 Å². The normalized spacial score (nSPS) is 17.0. The van der Waals surface area contributed by atoms with Crippen LogP contribution in [0.3, 0.4) is 0 Å². The molecule has 2 rings (SSSR count). The standard InChI is InChI=1S/C11H8INO/c12-9-1-2-10-8(3-5-13)4-6-14-11(10)7-9/h1-3,7H,4,6H2/b8-3+. The first kappa shape index (κ1) is 9.53. The molecule has 0 aliphatic carbocycles. The Hall–Kier alpha value is -1.02. The molecule has 0 saturated heterocycles. The first-order chi connectivity index (χ1) is 6.81. The average Bonchev–Trinajstić information content (AvgIpc) is 2.18. The fraction of sp³-hybridized carbons (Fsp3) is 0.182. The predicted molar refractivity (Wildman–Crippen MR) is 62.9 cm³/mol. The molecule has 0 bridgehead atoms. The van der Waals surface area contributed by atoms with Crippen molar-refractivity contribution in [3.05, 3.63) is 33.4 Å². The van der Waals surface area contributed by atoms with Gasteiger partial charge in [0, 0.05) is 21.6 Å². The van der Waals surface area contributed by atoms with E-state index in [-0.39, 0.29) is 0 Å². The van der Waals surface area contributed by atoms with Crippen LogP contribution in [0, 0.1) is 14.9 Å². The van der Waals surface area contributed by atoms with E-state index in [0.717, 1.165) is 26.9 Å². The fourth-order valence-corrected chi connectivity index (χ4v) is 1.98. The first-order valence-electron chi connectivity index (χ1n) is 4.32. The number of nitriles is 1. The van der Waals surface area contributed by atoms with Crippen LogP contribution in [0.1, 0.15) is 12.0 Å². The second kappa shape index (κ2) is 4.01. The molecule has 3 heteroatoms. The Morgan fingerprint density at radius 3 is 3.14 bits per heavy atom. The maximum absolute atomic E-state index is 8.63. The molecule has 0 spiro atoms. The van der Waals surface area contributed by atoms with E-state index in [0.29, 0.717) is 6.61 Å². The fourth-order valence-electron chi connectivity index (χ4n) is 1.51. The van der Waals surface area contributed by atoms with Crippen LogP contribution in [-0.2, 0) is 0 Å². The molecule has 0 N–H and O–H groups in total. The van der Waals surface area contributed by atoms with Gasteiger partial charge in [0.25, 0.3) is 0 Å². The van der Waals surface area contributed by atoms with Crippen molar-refractivity contribution in [1.29, 1.82) is 5.26 Å². The highest BCUT2D eigenvalue weighted by atomic mass is 127. The molecule has 2 nitrogen and oxygen atoms in total. The number of halogens is 1. The van der Waals surface area contributed by atoms with E-state index in [1.165, 1.54) is 0 Å². The Labute approximate surface area is 96.3 Å². The molecule has 1 aromatic carbocycles. The van der Waals surface area contributed by atoms with E-state index in [2.05, 4.69) is 28.7 Å². The quantitative estimate of drug-likeness (QED) is 0.545. The monoisotopic (exact) mass is 297 g/mol. The molecular weight excluding hydrogens is 289 g/mol. The summed E-state index contributed by atoms with van der Waals surface area (Å²) in [7, 11) is 0. The maximum atomic E-state index is 8.63. The highest BCUT2D eigenvalue weighted by Crippen LogP contribution is 2.33. The topological polar surface area (TPSA) is 33.0 Å². The third kappa shape index (κ3) is 1.75. The van der Waals surface area contributed by atoms with Gasteiger partial charge >= 0.3 is 0 Å². The minimum absolute atomic E-state index is 0.667. The molecule has 0 atom stereocenters. The molecule has 70 valence electrons. The van der Waals surface area contributed by atoms with Crippen molar-refractivity contribution >= 4 is 28.2 Å². The van der Waals surface area contributed by atoms with Gasteiger partial charge in [0.05, 0.1) is 12.7 Å². The van der Waals surface area contributed by atoms with Crippen LogP contribution in [0.4, 0.5) is 0 Å². The largest absolute Gasteiger partial charge is 0.493 e. The lowest BCUT2D eigenvalue weighted by atomic mass is 10.00. The molecule has 0 unspecified atom stereocenters. The number of nitrogens with zero attached hydrogens (tertiary/aromatic N) is 1. The molecule has 0 fully saturated rings. The third-order valence-corrected chi connectivity index (χ3v) is 2.83. The third-order valence-electron chi connectivity index (χ3n) is 2.16. The molecule has 0 aromatic heterocycles. The predicted octanol–water partition coefficient (Wildman–Crippen LogP) is 2.98. The van der Waals surface area contributed by atoms with E-state index in [9.17, 15) is 0 Å². The summed E-state index contributed by atoms with van der Waals surface area (Å²) in [4.78, 5) is 0. The minimum Gasteiger partial charge on any atom is -0.493 e. The second-order valence-electron chi connectivity index (χ2n) is 3.04. The van der Waals surface area contributed by atoms with Gasteiger partial charge in [-0.2, -0.15) is 5.26 Å². The van der Waals surface area contributed by atoms with E-state index >= 15 is 0 Å². The number of rotatable bonds is 0. The van der Waals surface area contributed by atoms with Gasteiger partial charge in [0.15, 0.2) is 0 Å². The first-order valence-corrected chi connectivity index (χ1v) is 5.40. The summed E-state index contributed by atoms with van der Waals surface area (Å²) in [5.41, 5.74) is 2.13. The summed E-state index contributed by atoms with van der Waals surface area (Å²) in [5, 5.41) is 8.63. The Morgan fingerprint density at radius 2 is 2.36 bits per heavy atom. The molecule has 0 amide bonds. The Bertz CT molecular complexity index is 431. The second-order valence-corrected chi connectivity index (χ2v) is 4.28. The summed E-state index contributed by atoms with van der Waals surface area (Å²) in [6, 6.07) is 8.11. The van der Waals surface area contributed by atoms with Crippen LogP contribution in [0.2, 0.25) is 0 Å². The molecule has 0 radical (unpaired) electrons. The molecule has 1 aliphatic rings. The smallest absolute Gasteiger partial charge is 0.127 e. The number of benzene rings is 1. The molecular formula is C11H8INO. The van der Waals surface area contributed by atoms with Crippen LogP contribution in [0.25, 0.3) is 5.57 Å². The zero-order valence-electron chi connectivity index (χ0n) is 7.46. The Kier molecular flexibility index (Phi) is 2.73. The molecule has 14 heavy (non-hydrogen) atoms. The lowest BCUT2D eigenvalue weighted by molar-refractivity contribution is 0.316. The lowest BCUT2D eigenvalue weighted by Gasteiger charge is -2.19. The highest BCUT2D eigenvalue weighted by molar-refractivity contribution is 14.1. The van der Waals surface area contributed by atoms with Crippen molar-refractivity contribution < 1.29 is 4.74 Å². The van der Waals surface area contributed by atoms with Gasteiger partial charge in [-0.3, -0.25) is 0 Å². The Morgan fingerprint density at radius 1 is 1.50 bits per heavy atom. The van der Waals surface area contributed by atoms with Crippen molar-refractivity contribution in [3.63, 3.8) is 0 Å². The maximum Gasteiger partial charge on any atom is 0.127 e. The number of hydrogen-bond acceptors (Lipinski definition) is 2. The number of allylic oxidation sites excluding steroid dienone is 1. The van der Waals surface area contributed by atoms with E-state index in [1.54, 1.807) is 6.08 Å². The van der Waals surface area contributed by atoms with E-state index in [1.807, 2.05) is 18.2 Å². The average molecular weight is 297 g/mol. The van der Waals surface area contributed by atoms with Crippen molar-refractivity contribution in [2.45, 2.75) is 6.42 Å². The zero-order valence-corrected chi connectivity index (χ0v) is 9.61. The van der Waals surface area contributed by atoms with Crippen LogP contribution in [-0.4, -0.2) is 6.61 Å². The SMILES string of the molecule is N#C/C=C1\CCOc2cc(I)ccc21. The molecule has 1 aliphatic heterocycles. The van der Waals surface area contributed by atoms with Gasteiger partial charge < -0.3 is 4.74 Å². The van der Waals surface area contributed by atoms with Crippen molar-refractivity contribution in [3.8, 4) is 11.8 Å². The number of ether oxygens (including phenoxy) is 1. The van der Waals surface area contributed by atoms with Crippen molar-refractivity contribution in [2.24, 2.45) is 0 Å². The minimum atomic E-state index is 0.667. The van der Waals surface area contributed by atoms with Crippen molar-refractivity contribution in [1.82, 2.24) is 0 Å². The zero-order chi connectivity index (χ0) is 9.97. The van der Waals surface area contributed by atoms with Gasteiger partial charge in [-0.15, -0.1) is 0 Å². The number of fused-ring (bicyclic) bond motifs is 1. The summed E-state index contributed by atoms with van der Waals surface area (Å²) in [5.74, 6) is 0.893. The van der Waals surface area contributed by atoms with Crippen LogP contribution in [0.5, 0.6) is 5.75 Å². The summed E-state index contributed by atoms with van der Waals surface area (Å²) >= 11 is 2.25. The molecule has 1 heterocycles. The highest BCUT2D eigenvalue weighted by Gasteiger charge is 2.14. The van der Waals surface area contributed by atoms with Crippen LogP contribution in [0.15, 0.2) is 24.3 Å². The van der Waals surface area contributed by atoms with Crippen LogP contribution < -0.4 is 4.74 Å². The molecule has 1 aromatic rings. The summed E-state index contributed by atoms with van der Waals surface area (Å²) in [6.45, 7) is 0.667. The summed E-state index contributed by atoms with van der Waals surface area (Å²) in [6.07, 6.45) is 2.43. The summed E-state index contributed by atoms with van der Waals surface area (Å²) < 4.78 is 6.68. The van der Waals surface area contributed by atoms with Crippen molar-refractivity contribution in [2.75, 3.05) is 6.61 Å². The van der Waals surface area contributed by atoms with Gasteiger partial charge in [0.2, 0.25) is 0 Å². The van der Waals surface area contributed by atoms with E-state index < -0.39 is 0 Å². The van der Waals surface area contributed by atoms with Gasteiger partial charge in [-0.05, 0) is 46.4 Å². The van der Waals surface area contributed by atoms with Crippen LogP contribution >= 0.6 is 22.6 Å². The van der Waals surface area contributed by atoms with E-state index in [4.69, 9.17) is 10.00 Å². The lowest BCUT2D eigenvalue weighted by Crippen LogP contribution is -2.07. The van der Waals surface area contributed by atoms with Gasteiger partial charge in [-0.25, -0.2) is 0 Å². The molecule has 0 saturated carbocycles.